The highest BCUT2D eigenvalue weighted by molar-refractivity contribution is 5.92. The number of aliphatic hydroxyl groups is 2. The minimum Gasteiger partial charge on any atom is -0.460 e. The van der Waals surface area contributed by atoms with Gasteiger partial charge in [-0.2, -0.15) is 0 Å². The van der Waals surface area contributed by atoms with Crippen molar-refractivity contribution in [2.75, 3.05) is 6.54 Å². The van der Waals surface area contributed by atoms with Crippen LogP contribution in [-0.4, -0.2) is 69.8 Å². The van der Waals surface area contributed by atoms with Crippen molar-refractivity contribution in [2.24, 2.45) is 17.8 Å². The molecule has 0 radical (unpaired) electrons. The molecule has 0 unspecified atom stereocenters. The average molecular weight is 455 g/mol. The number of amides is 2. The van der Waals surface area contributed by atoms with Crippen LogP contribution in [0, 0.1) is 17.8 Å². The average Bonchev–Trinajstić information content (AvgIpc) is 3.22. The molecule has 0 aromatic rings. The summed E-state index contributed by atoms with van der Waals surface area (Å²) in [5.74, 6) is -1.96. The molecule has 8 nitrogen and oxygen atoms in total. The second kappa shape index (κ2) is 12.0. The Morgan fingerprint density at radius 2 is 1.78 bits per heavy atom. The minimum absolute atomic E-state index is 0.0187. The van der Waals surface area contributed by atoms with E-state index in [0.717, 1.165) is 19.3 Å². The molecule has 3 N–H and O–H groups in total. The summed E-state index contributed by atoms with van der Waals surface area (Å²) in [5, 5.41) is 23.1. The van der Waals surface area contributed by atoms with Gasteiger partial charge in [-0.05, 0) is 44.4 Å². The van der Waals surface area contributed by atoms with Gasteiger partial charge in [0.1, 0.15) is 18.2 Å². The van der Waals surface area contributed by atoms with Crippen molar-refractivity contribution in [1.29, 1.82) is 0 Å². The van der Waals surface area contributed by atoms with Gasteiger partial charge in [0.25, 0.3) is 0 Å². The maximum atomic E-state index is 13.2. The van der Waals surface area contributed by atoms with Crippen molar-refractivity contribution in [3.8, 4) is 0 Å². The van der Waals surface area contributed by atoms with E-state index >= 15 is 0 Å². The molecule has 0 bridgehead atoms. The maximum absolute atomic E-state index is 13.2. The summed E-state index contributed by atoms with van der Waals surface area (Å²) < 4.78 is 5.90. The molecule has 0 aliphatic carbocycles. The molecule has 0 spiro atoms. The van der Waals surface area contributed by atoms with Gasteiger partial charge in [0.05, 0.1) is 18.1 Å². The van der Waals surface area contributed by atoms with Crippen LogP contribution < -0.4 is 5.32 Å². The number of hydrogen-bond acceptors (Lipinski definition) is 6. The molecule has 2 amide bonds. The van der Waals surface area contributed by atoms with E-state index in [2.05, 4.69) is 5.32 Å². The summed E-state index contributed by atoms with van der Waals surface area (Å²) in [7, 11) is 0. The van der Waals surface area contributed by atoms with E-state index in [9.17, 15) is 24.6 Å². The maximum Gasteiger partial charge on any atom is 0.329 e. The van der Waals surface area contributed by atoms with E-state index in [1.807, 2.05) is 20.8 Å². The number of ether oxygens (including phenoxy) is 1. The first-order chi connectivity index (χ1) is 15.0. The molecule has 0 saturated carbocycles. The van der Waals surface area contributed by atoms with Crippen molar-refractivity contribution >= 4 is 17.8 Å². The van der Waals surface area contributed by atoms with Crippen molar-refractivity contribution in [3.63, 3.8) is 0 Å². The van der Waals surface area contributed by atoms with Crippen molar-refractivity contribution in [3.05, 3.63) is 0 Å². The molecule has 0 aromatic heterocycles. The first-order valence-electron chi connectivity index (χ1n) is 12.2. The van der Waals surface area contributed by atoms with Gasteiger partial charge in [0.15, 0.2) is 0 Å². The summed E-state index contributed by atoms with van der Waals surface area (Å²) in [6.07, 6.45) is 2.78. The SMILES string of the molecule is CC(C)[C@H]1NC(=O)[C@@H](C)[C@@H](O)C[C@H]([C@H](C)CCCC[C@H](C)O)OC(=O)[C@@H]2CCCN2C1=O. The third-order valence-corrected chi connectivity index (χ3v) is 6.94. The topological polar surface area (TPSA) is 116 Å². The van der Waals surface area contributed by atoms with E-state index in [-0.39, 0.29) is 36.2 Å². The Morgan fingerprint density at radius 1 is 1.12 bits per heavy atom. The van der Waals surface area contributed by atoms with Crippen molar-refractivity contribution < 1.29 is 29.3 Å². The first kappa shape index (κ1) is 26.6. The Bertz CT molecular complexity index is 652. The number of nitrogens with one attached hydrogen (secondary N) is 1. The number of hydrogen-bond donors (Lipinski definition) is 3. The molecule has 2 aliphatic heterocycles. The van der Waals surface area contributed by atoms with E-state index in [4.69, 9.17) is 4.74 Å². The number of unbranched alkanes of at least 4 members (excludes halogenated alkanes) is 1. The molecular weight excluding hydrogens is 412 g/mol. The number of aliphatic hydroxyl groups excluding tert-OH is 2. The van der Waals surface area contributed by atoms with E-state index in [0.29, 0.717) is 25.8 Å². The zero-order chi connectivity index (χ0) is 24.0. The Kier molecular flexibility index (Phi) is 9.95. The highest BCUT2D eigenvalue weighted by Crippen LogP contribution is 2.27. The first-order valence-corrected chi connectivity index (χ1v) is 12.2. The fourth-order valence-corrected chi connectivity index (χ4v) is 4.59. The summed E-state index contributed by atoms with van der Waals surface area (Å²) in [6.45, 7) is 9.56. The molecule has 8 heteroatoms. The van der Waals surface area contributed by atoms with Crippen LogP contribution in [-0.2, 0) is 19.1 Å². The Hall–Kier alpha value is -1.67. The second-order valence-corrected chi connectivity index (χ2v) is 10.1. The fraction of sp³-hybridized carbons (Fsp3) is 0.875. The predicted octanol–water partition coefficient (Wildman–Crippen LogP) is 2.01. The number of fused-ring (bicyclic) bond motifs is 1. The zero-order valence-electron chi connectivity index (χ0n) is 20.3. The van der Waals surface area contributed by atoms with Gasteiger partial charge in [-0.3, -0.25) is 9.59 Å². The third kappa shape index (κ3) is 6.91. The van der Waals surface area contributed by atoms with Crippen LogP contribution in [0.25, 0.3) is 0 Å². The standard InChI is InChI=1S/C24H42N2O6/c1-14(2)21-23(30)26-12-8-11-18(26)24(31)32-20(13-19(28)17(5)22(29)25-21)15(3)9-6-7-10-16(4)27/h14-21,27-28H,6-13H2,1-5H3,(H,25,29)/t15-,16+,17+,18+,19+,20-,21-/m1/s1. The minimum atomic E-state index is -0.991. The van der Waals surface area contributed by atoms with Crippen LogP contribution in [0.4, 0.5) is 0 Å². The molecule has 2 heterocycles. The van der Waals surface area contributed by atoms with Gasteiger partial charge in [0.2, 0.25) is 11.8 Å². The van der Waals surface area contributed by atoms with E-state index in [1.54, 1.807) is 18.7 Å². The number of esters is 1. The highest BCUT2D eigenvalue weighted by atomic mass is 16.5. The number of rotatable bonds is 7. The summed E-state index contributed by atoms with van der Waals surface area (Å²) >= 11 is 0. The van der Waals surface area contributed by atoms with Crippen LogP contribution in [0.2, 0.25) is 0 Å². The molecule has 0 aromatic carbocycles. The Balaban J connectivity index is 2.23. The van der Waals surface area contributed by atoms with Crippen LogP contribution in [0.3, 0.4) is 0 Å². The van der Waals surface area contributed by atoms with Gasteiger partial charge in [-0.15, -0.1) is 0 Å². The molecule has 2 aliphatic rings. The normalized spacial score (nSPS) is 31.9. The van der Waals surface area contributed by atoms with Gasteiger partial charge in [-0.25, -0.2) is 4.79 Å². The monoisotopic (exact) mass is 454 g/mol. The van der Waals surface area contributed by atoms with Crippen LogP contribution >= 0.6 is 0 Å². The molecule has 2 saturated heterocycles. The number of carbonyl (C=O) groups is 3. The van der Waals surface area contributed by atoms with Crippen molar-refractivity contribution in [2.45, 2.75) is 110 Å². The lowest BCUT2D eigenvalue weighted by atomic mass is 9.89. The smallest absolute Gasteiger partial charge is 0.329 e. The molecular formula is C24H42N2O6. The van der Waals surface area contributed by atoms with Crippen LogP contribution in [0.1, 0.15) is 79.6 Å². The quantitative estimate of drug-likeness (QED) is 0.400. The van der Waals surface area contributed by atoms with Crippen molar-refractivity contribution in [1.82, 2.24) is 10.2 Å². The van der Waals surface area contributed by atoms with Gasteiger partial charge in [0, 0.05) is 13.0 Å². The molecule has 2 fully saturated rings. The number of carbonyl (C=O) groups excluding carboxylic acids is 3. The van der Waals surface area contributed by atoms with Crippen LogP contribution in [0.5, 0.6) is 0 Å². The molecule has 7 atom stereocenters. The van der Waals surface area contributed by atoms with Crippen LogP contribution in [0.15, 0.2) is 0 Å². The largest absolute Gasteiger partial charge is 0.460 e. The van der Waals surface area contributed by atoms with E-state index < -0.39 is 36.2 Å². The fourth-order valence-electron chi connectivity index (χ4n) is 4.59. The lowest BCUT2D eigenvalue weighted by Gasteiger charge is -2.35. The Morgan fingerprint density at radius 3 is 2.41 bits per heavy atom. The number of nitrogens with zero attached hydrogens (tertiary/aromatic N) is 1. The summed E-state index contributed by atoms with van der Waals surface area (Å²) in [5.41, 5.74) is 0. The predicted molar refractivity (Wildman–Crippen MR) is 120 cm³/mol. The lowest BCUT2D eigenvalue weighted by molar-refractivity contribution is -0.164. The summed E-state index contributed by atoms with van der Waals surface area (Å²) in [4.78, 5) is 40.7. The Labute approximate surface area is 192 Å². The summed E-state index contributed by atoms with van der Waals surface area (Å²) in [6, 6.07) is -1.40. The van der Waals surface area contributed by atoms with Gasteiger partial charge >= 0.3 is 5.97 Å². The van der Waals surface area contributed by atoms with Gasteiger partial charge < -0.3 is 25.2 Å². The van der Waals surface area contributed by atoms with Gasteiger partial charge in [-0.1, -0.05) is 40.5 Å². The molecule has 32 heavy (non-hydrogen) atoms. The molecule has 2 rings (SSSR count). The number of cyclic esters (lactones) is 1. The highest BCUT2D eigenvalue weighted by Gasteiger charge is 2.42. The zero-order valence-corrected chi connectivity index (χ0v) is 20.3. The molecule has 184 valence electrons. The van der Waals surface area contributed by atoms with E-state index in [1.165, 1.54) is 0 Å². The second-order valence-electron chi connectivity index (χ2n) is 10.1. The lowest BCUT2D eigenvalue weighted by Crippen LogP contribution is -2.56. The third-order valence-electron chi connectivity index (χ3n) is 6.94.